The van der Waals surface area contributed by atoms with Crippen molar-refractivity contribution < 1.29 is 14.3 Å². The fraction of sp³-hybridized carbons (Fsp3) is 0.462. The Morgan fingerprint density at radius 3 is 2.82 bits per heavy atom. The minimum atomic E-state index is -0.413. The van der Waals surface area contributed by atoms with Gasteiger partial charge in [0.05, 0.1) is 6.61 Å². The number of halogens is 1. The first-order chi connectivity index (χ1) is 8.06. The first-order valence-corrected chi connectivity index (χ1v) is 5.72. The normalized spacial score (nSPS) is 16.6. The maximum absolute atomic E-state index is 13.0. The summed E-state index contributed by atoms with van der Waals surface area (Å²) in [6.07, 6.45) is 1.87. The Balaban J connectivity index is 2.02. The van der Waals surface area contributed by atoms with Gasteiger partial charge in [-0.15, -0.1) is 0 Å². The predicted molar refractivity (Wildman–Crippen MR) is 62.2 cm³/mol. The fourth-order valence-electron chi connectivity index (χ4n) is 1.77. The van der Waals surface area contributed by atoms with E-state index in [0.29, 0.717) is 12.1 Å². The number of amides is 1. The van der Waals surface area contributed by atoms with Crippen LogP contribution in [0.25, 0.3) is 0 Å². The minimum Gasteiger partial charge on any atom is -0.396 e. The van der Waals surface area contributed by atoms with Crippen LogP contribution in [0.1, 0.15) is 28.8 Å². The lowest BCUT2D eigenvalue weighted by Gasteiger charge is -2.13. The van der Waals surface area contributed by atoms with E-state index in [9.17, 15) is 9.18 Å². The number of hydrogen-bond donors (Lipinski definition) is 2. The van der Waals surface area contributed by atoms with Gasteiger partial charge in [0.2, 0.25) is 0 Å². The van der Waals surface area contributed by atoms with Crippen molar-refractivity contribution in [1.82, 2.24) is 5.32 Å². The van der Waals surface area contributed by atoms with Gasteiger partial charge in [-0.3, -0.25) is 4.79 Å². The molecule has 1 fully saturated rings. The smallest absolute Gasteiger partial charge is 0.251 e. The first kappa shape index (κ1) is 12.0. The van der Waals surface area contributed by atoms with E-state index in [4.69, 9.17) is 5.11 Å². The molecule has 1 saturated carbocycles. The topological polar surface area (TPSA) is 49.3 Å². The molecule has 92 valence electrons. The minimum absolute atomic E-state index is 0.0927. The van der Waals surface area contributed by atoms with Crippen molar-refractivity contribution >= 4 is 5.91 Å². The number of carbonyl (C=O) groups excluding carboxylic acids is 1. The van der Waals surface area contributed by atoms with Crippen LogP contribution >= 0.6 is 0 Å². The highest BCUT2D eigenvalue weighted by Gasteiger charge is 2.42. The molecule has 1 aromatic rings. The van der Waals surface area contributed by atoms with Crippen LogP contribution in [0.3, 0.4) is 0 Å². The van der Waals surface area contributed by atoms with Crippen LogP contribution in [0.4, 0.5) is 4.39 Å². The van der Waals surface area contributed by atoms with Crippen LogP contribution in [0.2, 0.25) is 0 Å². The Morgan fingerprint density at radius 1 is 1.53 bits per heavy atom. The highest BCUT2D eigenvalue weighted by molar-refractivity contribution is 5.95. The van der Waals surface area contributed by atoms with Gasteiger partial charge in [0.25, 0.3) is 5.91 Å². The summed E-state index contributed by atoms with van der Waals surface area (Å²) in [5.41, 5.74) is 0.980. The van der Waals surface area contributed by atoms with Gasteiger partial charge in [-0.25, -0.2) is 4.39 Å². The number of aryl methyl sites for hydroxylation is 1. The molecule has 0 unspecified atom stereocenters. The summed E-state index contributed by atoms with van der Waals surface area (Å²) in [5, 5.41) is 11.9. The summed E-state index contributed by atoms with van der Waals surface area (Å²) < 4.78 is 13.0. The first-order valence-electron chi connectivity index (χ1n) is 5.72. The van der Waals surface area contributed by atoms with E-state index in [1.165, 1.54) is 12.1 Å². The van der Waals surface area contributed by atoms with Crippen molar-refractivity contribution in [3.63, 3.8) is 0 Å². The molecule has 0 saturated heterocycles. The van der Waals surface area contributed by atoms with E-state index >= 15 is 0 Å². The molecule has 3 nitrogen and oxygen atoms in total. The number of benzene rings is 1. The van der Waals surface area contributed by atoms with E-state index in [1.807, 2.05) is 0 Å². The van der Waals surface area contributed by atoms with E-state index in [2.05, 4.69) is 5.32 Å². The van der Waals surface area contributed by atoms with E-state index in [1.54, 1.807) is 13.0 Å². The van der Waals surface area contributed by atoms with E-state index in [0.717, 1.165) is 18.4 Å². The van der Waals surface area contributed by atoms with Gasteiger partial charge in [0.1, 0.15) is 5.82 Å². The Hall–Kier alpha value is -1.42. The standard InChI is InChI=1S/C13H16FNO2/c1-9-2-3-10(14)6-11(9)12(17)15-7-13(8-16)4-5-13/h2-3,6,16H,4-5,7-8H2,1H3,(H,15,17). The molecule has 0 radical (unpaired) electrons. The lowest BCUT2D eigenvalue weighted by atomic mass is 10.1. The van der Waals surface area contributed by atoms with Gasteiger partial charge in [0, 0.05) is 17.5 Å². The molecule has 0 heterocycles. The Bertz CT molecular complexity index is 441. The summed E-state index contributed by atoms with van der Waals surface area (Å²) in [4.78, 5) is 11.8. The molecule has 2 rings (SSSR count). The fourth-order valence-corrected chi connectivity index (χ4v) is 1.77. The second kappa shape index (κ2) is 4.45. The molecule has 0 spiro atoms. The highest BCUT2D eigenvalue weighted by atomic mass is 19.1. The second-order valence-corrected chi connectivity index (χ2v) is 4.80. The van der Waals surface area contributed by atoms with Crippen molar-refractivity contribution in [1.29, 1.82) is 0 Å². The zero-order valence-corrected chi connectivity index (χ0v) is 9.79. The lowest BCUT2D eigenvalue weighted by molar-refractivity contribution is 0.0934. The molecule has 17 heavy (non-hydrogen) atoms. The number of hydrogen-bond acceptors (Lipinski definition) is 2. The number of aliphatic hydroxyl groups is 1. The van der Waals surface area contributed by atoms with E-state index < -0.39 is 5.82 Å². The Morgan fingerprint density at radius 2 is 2.24 bits per heavy atom. The van der Waals surface area contributed by atoms with Gasteiger partial charge < -0.3 is 10.4 Å². The number of rotatable bonds is 4. The summed E-state index contributed by atoms with van der Waals surface area (Å²) in [6.45, 7) is 2.32. The average molecular weight is 237 g/mol. The van der Waals surface area contributed by atoms with E-state index in [-0.39, 0.29) is 17.9 Å². The Labute approximate surface area is 99.7 Å². The molecule has 4 heteroatoms. The number of carbonyl (C=O) groups is 1. The van der Waals surface area contributed by atoms with Crippen LogP contribution in [-0.4, -0.2) is 24.2 Å². The molecule has 1 aliphatic carbocycles. The molecule has 1 aromatic carbocycles. The maximum Gasteiger partial charge on any atom is 0.251 e. The third-order valence-corrected chi connectivity index (χ3v) is 3.36. The predicted octanol–water partition coefficient (Wildman–Crippen LogP) is 1.64. The third kappa shape index (κ3) is 2.64. The van der Waals surface area contributed by atoms with Crippen LogP contribution in [0.15, 0.2) is 18.2 Å². The summed E-state index contributed by atoms with van der Waals surface area (Å²) in [5.74, 6) is -0.689. The highest BCUT2D eigenvalue weighted by Crippen LogP contribution is 2.44. The van der Waals surface area contributed by atoms with Crippen molar-refractivity contribution in [2.24, 2.45) is 5.41 Å². The maximum atomic E-state index is 13.0. The molecule has 0 bridgehead atoms. The van der Waals surface area contributed by atoms with Crippen LogP contribution in [0.5, 0.6) is 0 Å². The molecule has 2 N–H and O–H groups in total. The number of nitrogens with one attached hydrogen (secondary N) is 1. The number of aliphatic hydroxyl groups excluding tert-OH is 1. The molecule has 0 aromatic heterocycles. The molecule has 0 atom stereocenters. The van der Waals surface area contributed by atoms with Crippen LogP contribution in [0, 0.1) is 18.2 Å². The quantitative estimate of drug-likeness (QED) is 0.836. The van der Waals surface area contributed by atoms with Crippen LogP contribution < -0.4 is 5.32 Å². The van der Waals surface area contributed by atoms with Crippen molar-refractivity contribution in [2.75, 3.05) is 13.2 Å². The molecule has 0 aliphatic heterocycles. The molecular formula is C13H16FNO2. The molecular weight excluding hydrogens is 221 g/mol. The zero-order valence-electron chi connectivity index (χ0n) is 9.79. The Kier molecular flexibility index (Phi) is 3.15. The van der Waals surface area contributed by atoms with Crippen molar-refractivity contribution in [2.45, 2.75) is 19.8 Å². The largest absolute Gasteiger partial charge is 0.396 e. The van der Waals surface area contributed by atoms with Gasteiger partial charge in [-0.2, -0.15) is 0 Å². The van der Waals surface area contributed by atoms with Gasteiger partial charge in [-0.1, -0.05) is 6.07 Å². The van der Waals surface area contributed by atoms with Gasteiger partial charge in [-0.05, 0) is 37.5 Å². The lowest BCUT2D eigenvalue weighted by Crippen LogP contribution is -2.32. The van der Waals surface area contributed by atoms with Gasteiger partial charge in [0.15, 0.2) is 0 Å². The van der Waals surface area contributed by atoms with Crippen molar-refractivity contribution in [3.8, 4) is 0 Å². The zero-order chi connectivity index (χ0) is 12.5. The monoisotopic (exact) mass is 237 g/mol. The third-order valence-electron chi connectivity index (χ3n) is 3.36. The average Bonchev–Trinajstić information content (AvgIpc) is 3.10. The molecule has 1 amide bonds. The summed E-state index contributed by atoms with van der Waals surface area (Å²) in [7, 11) is 0. The summed E-state index contributed by atoms with van der Waals surface area (Å²) >= 11 is 0. The molecule has 1 aliphatic rings. The SMILES string of the molecule is Cc1ccc(F)cc1C(=O)NCC1(CO)CC1. The van der Waals surface area contributed by atoms with Crippen LogP contribution in [-0.2, 0) is 0 Å². The summed E-state index contributed by atoms with van der Waals surface area (Å²) in [6, 6.07) is 4.16. The van der Waals surface area contributed by atoms with Gasteiger partial charge >= 0.3 is 0 Å². The van der Waals surface area contributed by atoms with Crippen molar-refractivity contribution in [3.05, 3.63) is 35.1 Å². The second-order valence-electron chi connectivity index (χ2n) is 4.80.